The Morgan fingerprint density at radius 3 is 2.80 bits per heavy atom. The highest BCUT2D eigenvalue weighted by Crippen LogP contribution is 2.30. The predicted molar refractivity (Wildman–Crippen MR) is 137 cm³/mol. The zero-order valence-corrected chi connectivity index (χ0v) is 20.7. The minimum absolute atomic E-state index is 0.0971. The van der Waals surface area contributed by atoms with Crippen molar-refractivity contribution in [1.82, 2.24) is 25.6 Å². The van der Waals surface area contributed by atoms with Crippen molar-refractivity contribution in [2.24, 2.45) is 5.92 Å². The quantitative estimate of drug-likeness (QED) is 0.391. The first kappa shape index (κ1) is 25.0. The van der Waals surface area contributed by atoms with E-state index in [4.69, 9.17) is 11.6 Å². The lowest BCUT2D eigenvalue weighted by Gasteiger charge is -2.22. The summed E-state index contributed by atoms with van der Waals surface area (Å²) in [6, 6.07) is 6.00. The molecule has 0 unspecified atom stereocenters. The van der Waals surface area contributed by atoms with E-state index in [9.17, 15) is 9.18 Å². The van der Waals surface area contributed by atoms with Crippen molar-refractivity contribution in [2.75, 3.05) is 25.0 Å². The zero-order valence-electron chi connectivity index (χ0n) is 19.9. The van der Waals surface area contributed by atoms with Crippen molar-refractivity contribution in [3.05, 3.63) is 64.8 Å². The normalized spacial score (nSPS) is 14.2. The molecule has 3 aromatic rings. The lowest BCUT2D eigenvalue weighted by atomic mass is 9.95. The topological polar surface area (TPSA) is 91.8 Å². The maximum absolute atomic E-state index is 14.5. The van der Waals surface area contributed by atoms with Crippen LogP contribution in [0.2, 0.25) is 5.02 Å². The minimum atomic E-state index is -0.463. The Morgan fingerprint density at radius 2 is 2.03 bits per heavy atom. The number of carbonyl (C=O) groups excluding carboxylic acids is 1. The summed E-state index contributed by atoms with van der Waals surface area (Å²) in [5, 5.41) is 10.1. The first-order valence-corrected chi connectivity index (χ1v) is 12.3. The molecule has 0 aliphatic carbocycles. The van der Waals surface area contributed by atoms with Gasteiger partial charge >= 0.3 is 0 Å². The van der Waals surface area contributed by atoms with Crippen LogP contribution in [0.3, 0.4) is 0 Å². The van der Waals surface area contributed by atoms with Gasteiger partial charge in [-0.05, 0) is 68.5 Å². The molecule has 0 saturated carbocycles. The molecule has 1 aromatic carbocycles. The van der Waals surface area contributed by atoms with E-state index in [1.54, 1.807) is 18.5 Å². The molecule has 0 radical (unpaired) electrons. The molecule has 9 heteroatoms. The van der Waals surface area contributed by atoms with Gasteiger partial charge in [0, 0.05) is 35.7 Å². The van der Waals surface area contributed by atoms with Crippen LogP contribution in [0.25, 0.3) is 11.4 Å². The van der Waals surface area contributed by atoms with Crippen molar-refractivity contribution in [2.45, 2.75) is 39.0 Å². The summed E-state index contributed by atoms with van der Waals surface area (Å²) in [7, 11) is 0. The molecule has 3 N–H and O–H groups in total. The molecule has 3 heterocycles. The smallest absolute Gasteiger partial charge is 0.254 e. The molecule has 0 spiro atoms. The van der Waals surface area contributed by atoms with Crippen LogP contribution >= 0.6 is 11.6 Å². The van der Waals surface area contributed by atoms with Crippen LogP contribution in [0.5, 0.6) is 0 Å². The Kier molecular flexibility index (Phi) is 8.25. The maximum atomic E-state index is 14.5. The zero-order chi connectivity index (χ0) is 24.8. The van der Waals surface area contributed by atoms with Crippen LogP contribution in [-0.4, -0.2) is 40.5 Å². The fraction of sp³-hybridized carbons (Fsp3) is 0.385. The number of nitrogens with zero attached hydrogens (tertiary/aromatic N) is 3. The number of hydrogen-bond acceptors (Lipinski definition) is 6. The van der Waals surface area contributed by atoms with Gasteiger partial charge in [-0.25, -0.2) is 14.4 Å². The molecule has 4 rings (SSSR count). The molecular weight excluding hydrogens is 467 g/mol. The molecule has 2 aromatic heterocycles. The van der Waals surface area contributed by atoms with Gasteiger partial charge in [-0.15, -0.1) is 0 Å². The van der Waals surface area contributed by atoms with E-state index in [0.717, 1.165) is 37.9 Å². The Morgan fingerprint density at radius 1 is 1.23 bits per heavy atom. The summed E-state index contributed by atoms with van der Waals surface area (Å²) in [6.45, 7) is 6.72. The third-order valence-corrected chi connectivity index (χ3v) is 6.46. The number of halogens is 2. The van der Waals surface area contributed by atoms with Gasteiger partial charge in [-0.2, -0.15) is 0 Å². The summed E-state index contributed by atoms with van der Waals surface area (Å²) in [4.78, 5) is 26.1. The van der Waals surface area contributed by atoms with Gasteiger partial charge in [0.05, 0.1) is 16.8 Å². The van der Waals surface area contributed by atoms with Crippen LogP contribution in [0.4, 0.5) is 15.9 Å². The Bertz CT molecular complexity index is 1180. The van der Waals surface area contributed by atoms with Crippen LogP contribution in [0.15, 0.2) is 42.9 Å². The molecule has 7 nitrogen and oxygen atoms in total. The predicted octanol–water partition coefficient (Wildman–Crippen LogP) is 5.32. The average molecular weight is 497 g/mol. The number of aromatic nitrogens is 3. The number of amides is 1. The van der Waals surface area contributed by atoms with E-state index in [-0.39, 0.29) is 23.2 Å². The molecule has 0 atom stereocenters. The number of hydrogen-bond donors (Lipinski definition) is 3. The summed E-state index contributed by atoms with van der Waals surface area (Å²) in [6.07, 6.45) is 8.05. The van der Waals surface area contributed by atoms with Crippen LogP contribution in [-0.2, 0) is 0 Å². The first-order chi connectivity index (χ1) is 16.9. The minimum Gasteiger partial charge on any atom is -0.352 e. The molecule has 1 amide bonds. The molecule has 35 heavy (non-hydrogen) atoms. The Hall–Kier alpha value is -3.10. The number of carbonyl (C=O) groups is 1. The SMILES string of the molecule is CC(C)c1cnc(-c2cc(Cl)ccc2F)nc1Nc1ccncc1C(=O)NCCC1CCNCC1. The summed E-state index contributed by atoms with van der Waals surface area (Å²) in [5.74, 6) is 0.771. The second kappa shape index (κ2) is 11.6. The highest BCUT2D eigenvalue weighted by atomic mass is 35.5. The summed E-state index contributed by atoms with van der Waals surface area (Å²) >= 11 is 6.07. The van der Waals surface area contributed by atoms with E-state index in [0.29, 0.717) is 34.6 Å². The second-order valence-electron chi connectivity index (χ2n) is 9.06. The second-order valence-corrected chi connectivity index (χ2v) is 9.50. The number of nitrogens with one attached hydrogen (secondary N) is 3. The molecule has 1 saturated heterocycles. The maximum Gasteiger partial charge on any atom is 0.254 e. The Balaban J connectivity index is 1.56. The van der Waals surface area contributed by atoms with E-state index in [1.165, 1.54) is 24.4 Å². The van der Waals surface area contributed by atoms with Crippen LogP contribution < -0.4 is 16.0 Å². The van der Waals surface area contributed by atoms with E-state index in [1.807, 2.05) is 13.8 Å². The van der Waals surface area contributed by atoms with Crippen LogP contribution in [0.1, 0.15) is 54.9 Å². The highest BCUT2D eigenvalue weighted by molar-refractivity contribution is 6.30. The van der Waals surface area contributed by atoms with Gasteiger partial charge in [-0.1, -0.05) is 25.4 Å². The third kappa shape index (κ3) is 6.32. The van der Waals surface area contributed by atoms with Crippen LogP contribution in [0, 0.1) is 11.7 Å². The molecule has 1 fully saturated rings. The number of piperidine rings is 1. The van der Waals surface area contributed by atoms with E-state index >= 15 is 0 Å². The van der Waals surface area contributed by atoms with Gasteiger partial charge in [0.15, 0.2) is 5.82 Å². The number of pyridine rings is 1. The van der Waals surface area contributed by atoms with Gasteiger partial charge < -0.3 is 16.0 Å². The van der Waals surface area contributed by atoms with Gasteiger partial charge in [0.1, 0.15) is 11.6 Å². The summed E-state index contributed by atoms with van der Waals surface area (Å²) in [5.41, 5.74) is 2.03. The Labute approximate surface area is 209 Å². The number of anilines is 2. The largest absolute Gasteiger partial charge is 0.352 e. The summed E-state index contributed by atoms with van der Waals surface area (Å²) < 4.78 is 14.5. The third-order valence-electron chi connectivity index (χ3n) is 6.22. The molecule has 1 aliphatic rings. The van der Waals surface area contributed by atoms with Gasteiger partial charge in [0.25, 0.3) is 5.91 Å². The fourth-order valence-electron chi connectivity index (χ4n) is 4.18. The average Bonchev–Trinajstić information content (AvgIpc) is 2.86. The van der Waals surface area contributed by atoms with Crippen molar-refractivity contribution in [1.29, 1.82) is 0 Å². The lowest BCUT2D eigenvalue weighted by molar-refractivity contribution is 0.0951. The molecule has 1 aliphatic heterocycles. The molecule has 0 bridgehead atoms. The van der Waals surface area contributed by atoms with Crippen molar-refractivity contribution in [3.63, 3.8) is 0 Å². The number of benzene rings is 1. The van der Waals surface area contributed by atoms with Gasteiger partial charge in [-0.3, -0.25) is 9.78 Å². The van der Waals surface area contributed by atoms with Gasteiger partial charge in [0.2, 0.25) is 0 Å². The standard InChI is InChI=1S/C26H30ClFN6O/c1-16(2)20-15-32-24(19-13-18(27)3-4-22(19)28)34-25(20)33-23-8-11-30-14-21(23)26(35)31-12-7-17-5-9-29-10-6-17/h3-4,8,11,13-17,29H,5-7,9-10,12H2,1-2H3,(H,31,35)(H,30,32,33,34). The first-order valence-electron chi connectivity index (χ1n) is 11.9. The number of rotatable bonds is 8. The molecule has 184 valence electrons. The lowest BCUT2D eigenvalue weighted by Crippen LogP contribution is -2.31. The fourth-order valence-corrected chi connectivity index (χ4v) is 4.35. The van der Waals surface area contributed by atoms with Crippen molar-refractivity contribution >= 4 is 29.0 Å². The van der Waals surface area contributed by atoms with E-state index < -0.39 is 5.82 Å². The highest BCUT2D eigenvalue weighted by Gasteiger charge is 2.19. The monoisotopic (exact) mass is 496 g/mol. The van der Waals surface area contributed by atoms with Crippen molar-refractivity contribution in [3.8, 4) is 11.4 Å². The van der Waals surface area contributed by atoms with E-state index in [2.05, 4.69) is 30.9 Å². The molecular formula is C26H30ClFN6O. The van der Waals surface area contributed by atoms with Crippen molar-refractivity contribution < 1.29 is 9.18 Å².